The van der Waals surface area contributed by atoms with Crippen LogP contribution >= 0.6 is 0 Å². The first kappa shape index (κ1) is 37.8. The van der Waals surface area contributed by atoms with Crippen molar-refractivity contribution in [1.29, 1.82) is 0 Å². The molecule has 1 aromatic rings. The summed E-state index contributed by atoms with van der Waals surface area (Å²) in [7, 11) is 0. The number of fused-ring (bicyclic) bond motifs is 6. The minimum absolute atomic E-state index is 0.0221. The standard InChI is InChI=1S/C44H63NO6/c1-28(46)45-25-26-51-37(48)31-12-10-9-11-30(31)34(47)15-13-29-17-19-41(6)35(40(29,4)5)18-20-43(8)36(41)16-14-32-33-27-39(2,3)21-23-44(33,38(49)50)24-22-42(32,43)7/h9-12,29,35-36H,13-27H2,1-8H3,(H,45,46)(H,49,50)/t29-,35-,36+,41-,42+,43+,44-/m0/s1. The molecule has 5 aliphatic carbocycles. The van der Waals surface area contributed by atoms with Crippen LogP contribution in [0.15, 0.2) is 35.4 Å². The molecule has 5 aliphatic rings. The minimum Gasteiger partial charge on any atom is -0.481 e. The Hall–Kier alpha value is -2.96. The van der Waals surface area contributed by atoms with Crippen molar-refractivity contribution in [2.75, 3.05) is 13.2 Å². The summed E-state index contributed by atoms with van der Waals surface area (Å²) in [6, 6.07) is 6.93. The molecule has 0 radical (unpaired) electrons. The Kier molecular flexibility index (Phi) is 9.75. The van der Waals surface area contributed by atoms with Crippen LogP contribution in [0.5, 0.6) is 0 Å². The molecular formula is C44H63NO6. The Morgan fingerprint density at radius 3 is 2.20 bits per heavy atom. The number of benzene rings is 1. The molecule has 1 amide bonds. The molecule has 0 bridgehead atoms. The van der Waals surface area contributed by atoms with Gasteiger partial charge >= 0.3 is 11.9 Å². The van der Waals surface area contributed by atoms with Gasteiger partial charge in [0.25, 0.3) is 0 Å². The fourth-order valence-electron chi connectivity index (χ4n) is 13.0. The van der Waals surface area contributed by atoms with E-state index in [1.165, 1.54) is 30.9 Å². The number of allylic oxidation sites excluding steroid dienone is 1. The number of carbonyl (C=O) groups excluding carboxylic acids is 3. The Morgan fingerprint density at radius 1 is 0.824 bits per heavy atom. The van der Waals surface area contributed by atoms with Crippen molar-refractivity contribution in [2.24, 2.45) is 50.2 Å². The normalized spacial score (nSPS) is 36.4. The summed E-state index contributed by atoms with van der Waals surface area (Å²) in [5.41, 5.74) is 3.41. The monoisotopic (exact) mass is 701 g/mol. The lowest BCUT2D eigenvalue weighted by atomic mass is 9.33. The van der Waals surface area contributed by atoms with Gasteiger partial charge in [0.05, 0.1) is 17.5 Å². The summed E-state index contributed by atoms with van der Waals surface area (Å²) in [6.07, 6.45) is 12.4. The first-order valence-corrected chi connectivity index (χ1v) is 19.8. The number of carboxylic acid groups (broad SMARTS) is 1. The Morgan fingerprint density at radius 2 is 1.51 bits per heavy atom. The molecule has 280 valence electrons. The lowest BCUT2D eigenvalue weighted by Gasteiger charge is -2.71. The Labute approximate surface area is 306 Å². The second-order valence-corrected chi connectivity index (χ2v) is 19.3. The van der Waals surface area contributed by atoms with Gasteiger partial charge in [-0.3, -0.25) is 14.4 Å². The van der Waals surface area contributed by atoms with E-state index < -0.39 is 17.4 Å². The zero-order chi connectivity index (χ0) is 37.2. The number of nitrogens with one attached hydrogen (secondary N) is 1. The van der Waals surface area contributed by atoms with Gasteiger partial charge < -0.3 is 15.2 Å². The van der Waals surface area contributed by atoms with Crippen LogP contribution in [0.3, 0.4) is 0 Å². The minimum atomic E-state index is -0.666. The van der Waals surface area contributed by atoms with E-state index in [1.807, 2.05) is 0 Å². The van der Waals surface area contributed by atoms with Gasteiger partial charge in [-0.2, -0.15) is 0 Å². The van der Waals surface area contributed by atoms with Gasteiger partial charge in [0.15, 0.2) is 5.78 Å². The highest BCUT2D eigenvalue weighted by Gasteiger charge is 2.68. The molecule has 1 aromatic carbocycles. The van der Waals surface area contributed by atoms with E-state index in [0.717, 1.165) is 64.2 Å². The average Bonchev–Trinajstić information content (AvgIpc) is 3.05. The molecule has 4 fully saturated rings. The number of hydrogen-bond donors (Lipinski definition) is 2. The van der Waals surface area contributed by atoms with E-state index in [4.69, 9.17) is 4.74 Å². The molecule has 7 nitrogen and oxygen atoms in total. The molecule has 0 saturated heterocycles. The van der Waals surface area contributed by atoms with E-state index >= 15 is 0 Å². The number of Topliss-reactive ketones (excluding diaryl/α,β-unsaturated/α-hetero) is 1. The predicted molar refractivity (Wildman–Crippen MR) is 199 cm³/mol. The van der Waals surface area contributed by atoms with Crippen molar-refractivity contribution in [3.05, 3.63) is 46.5 Å². The maximum absolute atomic E-state index is 13.7. The lowest BCUT2D eigenvalue weighted by Crippen LogP contribution is -2.63. The van der Waals surface area contributed by atoms with Crippen LogP contribution < -0.4 is 5.32 Å². The largest absolute Gasteiger partial charge is 0.481 e. The van der Waals surface area contributed by atoms with Crippen molar-refractivity contribution in [3.8, 4) is 0 Å². The third-order valence-corrected chi connectivity index (χ3v) is 16.1. The van der Waals surface area contributed by atoms with Crippen molar-refractivity contribution in [3.63, 3.8) is 0 Å². The number of carboxylic acids is 1. The van der Waals surface area contributed by atoms with Crippen molar-refractivity contribution in [1.82, 2.24) is 5.32 Å². The highest BCUT2D eigenvalue weighted by Crippen LogP contribution is 2.76. The second kappa shape index (κ2) is 13.2. The lowest BCUT2D eigenvalue weighted by molar-refractivity contribution is -0.194. The van der Waals surface area contributed by atoms with Gasteiger partial charge in [0.2, 0.25) is 5.91 Å². The Balaban J connectivity index is 1.19. The van der Waals surface area contributed by atoms with Gasteiger partial charge in [0, 0.05) is 18.9 Å². The van der Waals surface area contributed by atoms with Crippen molar-refractivity contribution < 1.29 is 29.0 Å². The molecule has 51 heavy (non-hydrogen) atoms. The summed E-state index contributed by atoms with van der Waals surface area (Å²) in [6.45, 7) is 19.0. The number of amides is 1. The topological polar surface area (TPSA) is 110 Å². The third-order valence-electron chi connectivity index (χ3n) is 16.1. The number of ether oxygens (including phenoxy) is 1. The SMILES string of the molecule is CC(=O)NCCOC(=O)c1ccccc1C(=O)CC[C@H]1CC[C@]2(C)[C@H]3CCC4=C5CC(C)(C)CC[C@]5(C(=O)O)CC[C@@]4(C)[C@]3(C)CC[C@H]2C1(C)C. The van der Waals surface area contributed by atoms with E-state index in [0.29, 0.717) is 29.7 Å². The fraction of sp³-hybridized carbons (Fsp3) is 0.727. The highest BCUT2D eigenvalue weighted by atomic mass is 16.5. The summed E-state index contributed by atoms with van der Waals surface area (Å²) in [4.78, 5) is 50.7. The third kappa shape index (κ3) is 6.10. The van der Waals surface area contributed by atoms with Gasteiger partial charge in [-0.05, 0) is 128 Å². The summed E-state index contributed by atoms with van der Waals surface area (Å²) >= 11 is 0. The van der Waals surface area contributed by atoms with Gasteiger partial charge in [0.1, 0.15) is 6.61 Å². The second-order valence-electron chi connectivity index (χ2n) is 19.3. The number of esters is 1. The number of hydrogen-bond acceptors (Lipinski definition) is 5. The summed E-state index contributed by atoms with van der Waals surface area (Å²) in [5.74, 6) is 0.205. The van der Waals surface area contributed by atoms with Gasteiger partial charge in [-0.25, -0.2) is 4.79 Å². The molecule has 0 unspecified atom stereocenters. The first-order chi connectivity index (χ1) is 23.8. The first-order valence-electron chi connectivity index (χ1n) is 19.8. The van der Waals surface area contributed by atoms with Gasteiger partial charge in [-0.1, -0.05) is 77.8 Å². The van der Waals surface area contributed by atoms with E-state index in [2.05, 4.69) is 53.8 Å². The van der Waals surface area contributed by atoms with Crippen LogP contribution in [-0.2, 0) is 14.3 Å². The number of aliphatic carboxylic acids is 1. The summed E-state index contributed by atoms with van der Waals surface area (Å²) in [5, 5.41) is 13.3. The van der Waals surface area contributed by atoms with Crippen LogP contribution in [0.4, 0.5) is 0 Å². The molecule has 0 aromatic heterocycles. The quantitative estimate of drug-likeness (QED) is 0.115. The van der Waals surface area contributed by atoms with Crippen LogP contribution in [-0.4, -0.2) is 41.9 Å². The molecule has 2 N–H and O–H groups in total. The van der Waals surface area contributed by atoms with Crippen molar-refractivity contribution in [2.45, 2.75) is 139 Å². The van der Waals surface area contributed by atoms with E-state index in [1.54, 1.807) is 24.3 Å². The predicted octanol–water partition coefficient (Wildman–Crippen LogP) is 9.59. The van der Waals surface area contributed by atoms with Gasteiger partial charge in [-0.15, -0.1) is 0 Å². The average molecular weight is 702 g/mol. The van der Waals surface area contributed by atoms with E-state index in [9.17, 15) is 24.3 Å². The zero-order valence-electron chi connectivity index (χ0n) is 32.6. The van der Waals surface area contributed by atoms with E-state index in [-0.39, 0.29) is 57.5 Å². The molecule has 7 atom stereocenters. The number of carbonyl (C=O) groups is 4. The fourth-order valence-corrected chi connectivity index (χ4v) is 13.0. The van der Waals surface area contributed by atoms with Crippen LogP contribution in [0, 0.1) is 50.2 Å². The summed E-state index contributed by atoms with van der Waals surface area (Å²) < 4.78 is 5.37. The molecule has 6 rings (SSSR count). The Bertz CT molecular complexity index is 1620. The molecule has 7 heteroatoms. The molecular weight excluding hydrogens is 638 g/mol. The maximum atomic E-state index is 13.7. The molecule has 0 spiro atoms. The van der Waals surface area contributed by atoms with Crippen molar-refractivity contribution >= 4 is 23.6 Å². The zero-order valence-corrected chi connectivity index (χ0v) is 32.6. The maximum Gasteiger partial charge on any atom is 0.338 e. The van der Waals surface area contributed by atoms with Crippen LogP contribution in [0.2, 0.25) is 0 Å². The smallest absolute Gasteiger partial charge is 0.338 e. The molecule has 4 saturated carbocycles. The highest BCUT2D eigenvalue weighted by molar-refractivity contribution is 6.06. The molecule has 0 heterocycles. The van der Waals surface area contributed by atoms with Crippen LogP contribution in [0.25, 0.3) is 0 Å². The van der Waals surface area contributed by atoms with Crippen LogP contribution in [0.1, 0.15) is 160 Å². The number of ketones is 1. The molecule has 0 aliphatic heterocycles. The number of rotatable bonds is 9.